The van der Waals surface area contributed by atoms with E-state index < -0.39 is 0 Å². The summed E-state index contributed by atoms with van der Waals surface area (Å²) < 4.78 is 7.61. The average Bonchev–Trinajstić information content (AvgIpc) is 3.05. The smallest absolute Gasteiger partial charge is 0.236 e. The summed E-state index contributed by atoms with van der Waals surface area (Å²) in [6, 6.07) is 2.56. The maximum absolute atomic E-state index is 5.52. The third-order valence-corrected chi connectivity index (χ3v) is 3.23. The number of rotatable bonds is 7. The Labute approximate surface area is 114 Å². The monoisotopic (exact) mass is 262 g/mol. The molecule has 104 valence electrons. The van der Waals surface area contributed by atoms with Gasteiger partial charge in [-0.3, -0.25) is 0 Å². The van der Waals surface area contributed by atoms with E-state index in [0.29, 0.717) is 24.4 Å². The number of aryl methyl sites for hydroxylation is 1. The first-order valence-electron chi connectivity index (χ1n) is 6.91. The Bertz CT molecular complexity index is 503. The second kappa shape index (κ2) is 6.52. The molecule has 0 aliphatic rings. The van der Waals surface area contributed by atoms with Gasteiger partial charge in [0.25, 0.3) is 0 Å². The van der Waals surface area contributed by atoms with Gasteiger partial charge in [0.05, 0.1) is 0 Å². The number of hydrogen-bond donors (Lipinski definition) is 1. The molecule has 0 aliphatic carbocycles. The van der Waals surface area contributed by atoms with E-state index in [0.717, 1.165) is 12.8 Å². The average molecular weight is 262 g/mol. The highest BCUT2D eigenvalue weighted by molar-refractivity contribution is 5.15. The minimum Gasteiger partial charge on any atom is -0.423 e. The molecule has 0 aliphatic heterocycles. The van der Waals surface area contributed by atoms with Crippen molar-refractivity contribution in [1.29, 1.82) is 0 Å². The van der Waals surface area contributed by atoms with Gasteiger partial charge in [0.1, 0.15) is 6.54 Å². The lowest BCUT2D eigenvalue weighted by Crippen LogP contribution is -2.15. The van der Waals surface area contributed by atoms with E-state index in [9.17, 15) is 0 Å². The molecule has 0 saturated heterocycles. The Hall–Kier alpha value is -1.62. The van der Waals surface area contributed by atoms with Crippen LogP contribution in [0, 0.1) is 0 Å². The van der Waals surface area contributed by atoms with Gasteiger partial charge < -0.3 is 14.3 Å². The first-order valence-corrected chi connectivity index (χ1v) is 6.91. The van der Waals surface area contributed by atoms with Gasteiger partial charge in [-0.15, -0.1) is 10.2 Å². The Balaban J connectivity index is 2.04. The molecular weight excluding hydrogens is 240 g/mol. The summed E-state index contributed by atoms with van der Waals surface area (Å²) in [4.78, 5) is 0. The third kappa shape index (κ3) is 3.44. The number of aromatic nitrogens is 3. The molecule has 1 unspecified atom stereocenters. The molecule has 2 heterocycles. The van der Waals surface area contributed by atoms with Crippen LogP contribution in [0.25, 0.3) is 0 Å². The standard InChI is InChI=1S/C14H22N4O/c1-4-6-12(15-3)11-7-8-18(9-11)10-14-17-16-13(5-2)19-14/h7-9,12,15H,4-6,10H2,1-3H3. The van der Waals surface area contributed by atoms with Gasteiger partial charge in [-0.25, -0.2) is 0 Å². The molecule has 0 bridgehead atoms. The highest BCUT2D eigenvalue weighted by Crippen LogP contribution is 2.18. The lowest BCUT2D eigenvalue weighted by Gasteiger charge is -2.13. The summed E-state index contributed by atoms with van der Waals surface area (Å²) in [5, 5.41) is 11.4. The Morgan fingerprint density at radius 1 is 1.32 bits per heavy atom. The number of nitrogens with one attached hydrogen (secondary N) is 1. The summed E-state index contributed by atoms with van der Waals surface area (Å²) in [7, 11) is 2.00. The van der Waals surface area contributed by atoms with Gasteiger partial charge in [0.15, 0.2) is 0 Å². The fraction of sp³-hybridized carbons (Fsp3) is 0.571. The molecule has 0 spiro atoms. The SMILES string of the molecule is CCCC(NC)c1ccn(Cc2nnc(CC)o2)c1. The van der Waals surface area contributed by atoms with Crippen molar-refractivity contribution in [2.24, 2.45) is 0 Å². The molecule has 1 atom stereocenters. The van der Waals surface area contributed by atoms with Crippen LogP contribution in [0.1, 0.15) is 50.1 Å². The van der Waals surface area contributed by atoms with Crippen molar-refractivity contribution >= 4 is 0 Å². The first-order chi connectivity index (χ1) is 9.26. The van der Waals surface area contributed by atoms with Gasteiger partial charge in [0, 0.05) is 24.9 Å². The molecule has 0 saturated carbocycles. The van der Waals surface area contributed by atoms with Gasteiger partial charge in [-0.2, -0.15) is 0 Å². The van der Waals surface area contributed by atoms with Gasteiger partial charge in [-0.05, 0) is 25.1 Å². The van der Waals surface area contributed by atoms with Gasteiger partial charge >= 0.3 is 0 Å². The zero-order chi connectivity index (χ0) is 13.7. The van der Waals surface area contributed by atoms with E-state index in [-0.39, 0.29) is 0 Å². The van der Waals surface area contributed by atoms with E-state index in [2.05, 4.69) is 45.5 Å². The number of nitrogens with zero attached hydrogens (tertiary/aromatic N) is 3. The highest BCUT2D eigenvalue weighted by atomic mass is 16.4. The molecule has 1 N–H and O–H groups in total. The summed E-state index contributed by atoms with van der Waals surface area (Å²) in [5.41, 5.74) is 1.31. The van der Waals surface area contributed by atoms with E-state index in [1.807, 2.05) is 14.0 Å². The zero-order valence-electron chi connectivity index (χ0n) is 11.9. The molecule has 0 radical (unpaired) electrons. The molecule has 0 amide bonds. The van der Waals surface area contributed by atoms with Crippen LogP contribution < -0.4 is 5.32 Å². The maximum Gasteiger partial charge on any atom is 0.236 e. The molecule has 2 aromatic heterocycles. The molecule has 2 aromatic rings. The zero-order valence-corrected chi connectivity index (χ0v) is 11.9. The van der Waals surface area contributed by atoms with Crippen molar-refractivity contribution in [3.63, 3.8) is 0 Å². The van der Waals surface area contributed by atoms with Gasteiger partial charge in [-0.1, -0.05) is 20.3 Å². The summed E-state index contributed by atoms with van der Waals surface area (Å²) in [6.07, 6.45) is 7.29. The molecule has 19 heavy (non-hydrogen) atoms. The predicted molar refractivity (Wildman–Crippen MR) is 73.9 cm³/mol. The van der Waals surface area contributed by atoms with Crippen molar-refractivity contribution in [1.82, 2.24) is 20.1 Å². The van der Waals surface area contributed by atoms with Crippen LogP contribution >= 0.6 is 0 Å². The van der Waals surface area contributed by atoms with E-state index in [1.54, 1.807) is 0 Å². The predicted octanol–water partition coefficient (Wildman–Crippen LogP) is 2.54. The summed E-state index contributed by atoms with van der Waals surface area (Å²) in [5.74, 6) is 1.36. The first kappa shape index (κ1) is 13.8. The van der Waals surface area contributed by atoms with Crippen molar-refractivity contribution in [2.75, 3.05) is 7.05 Å². The largest absolute Gasteiger partial charge is 0.423 e. The lowest BCUT2D eigenvalue weighted by molar-refractivity contribution is 0.442. The second-order valence-electron chi connectivity index (χ2n) is 4.69. The number of hydrogen-bond acceptors (Lipinski definition) is 4. The molecule has 2 rings (SSSR count). The Morgan fingerprint density at radius 2 is 2.11 bits per heavy atom. The quantitative estimate of drug-likeness (QED) is 0.833. The second-order valence-corrected chi connectivity index (χ2v) is 4.69. The molecule has 0 aromatic carbocycles. The van der Waals surface area contributed by atoms with Crippen LogP contribution in [0.2, 0.25) is 0 Å². The van der Waals surface area contributed by atoms with Gasteiger partial charge in [0.2, 0.25) is 11.8 Å². The van der Waals surface area contributed by atoms with Crippen molar-refractivity contribution in [2.45, 2.75) is 45.7 Å². The van der Waals surface area contributed by atoms with Crippen LogP contribution in [-0.2, 0) is 13.0 Å². The van der Waals surface area contributed by atoms with Crippen LogP contribution in [0.3, 0.4) is 0 Å². The maximum atomic E-state index is 5.52. The van der Waals surface area contributed by atoms with Crippen molar-refractivity contribution in [3.8, 4) is 0 Å². The van der Waals surface area contributed by atoms with Crippen molar-refractivity contribution < 1.29 is 4.42 Å². The lowest BCUT2D eigenvalue weighted by atomic mass is 10.1. The summed E-state index contributed by atoms with van der Waals surface area (Å²) in [6.45, 7) is 4.84. The summed E-state index contributed by atoms with van der Waals surface area (Å²) >= 11 is 0. The van der Waals surface area contributed by atoms with E-state index >= 15 is 0 Å². The van der Waals surface area contributed by atoms with Crippen LogP contribution in [0.4, 0.5) is 0 Å². The van der Waals surface area contributed by atoms with Crippen LogP contribution in [0.5, 0.6) is 0 Å². The fourth-order valence-electron chi connectivity index (χ4n) is 2.18. The van der Waals surface area contributed by atoms with Crippen LogP contribution in [-0.4, -0.2) is 21.8 Å². The molecule has 5 nitrogen and oxygen atoms in total. The molecule has 0 fully saturated rings. The highest BCUT2D eigenvalue weighted by Gasteiger charge is 2.10. The third-order valence-electron chi connectivity index (χ3n) is 3.23. The normalized spacial score (nSPS) is 12.8. The molecule has 5 heteroatoms. The minimum atomic E-state index is 0.417. The van der Waals surface area contributed by atoms with E-state index in [4.69, 9.17) is 4.42 Å². The Morgan fingerprint density at radius 3 is 2.74 bits per heavy atom. The minimum absolute atomic E-state index is 0.417. The topological polar surface area (TPSA) is 55.9 Å². The van der Waals surface area contributed by atoms with Crippen molar-refractivity contribution in [3.05, 3.63) is 35.8 Å². The van der Waals surface area contributed by atoms with Crippen LogP contribution in [0.15, 0.2) is 22.9 Å². The Kier molecular flexibility index (Phi) is 4.74. The fourth-order valence-corrected chi connectivity index (χ4v) is 2.18. The molecular formula is C14H22N4O. The van der Waals surface area contributed by atoms with E-state index in [1.165, 1.54) is 12.0 Å².